The van der Waals surface area contributed by atoms with E-state index in [4.69, 9.17) is 15.2 Å². The van der Waals surface area contributed by atoms with Crippen LogP contribution in [0.15, 0.2) is 35.3 Å². The van der Waals surface area contributed by atoms with Crippen molar-refractivity contribution in [2.45, 2.75) is 38.6 Å². The minimum atomic E-state index is -0.303. The third-order valence-electron chi connectivity index (χ3n) is 4.39. The van der Waals surface area contributed by atoms with E-state index in [-0.39, 0.29) is 29.6 Å². The quantitative estimate of drug-likeness (QED) is 0.760. The van der Waals surface area contributed by atoms with Crippen molar-refractivity contribution in [3.8, 4) is 5.88 Å². The summed E-state index contributed by atoms with van der Waals surface area (Å²) in [5, 5.41) is 2.86. The molecule has 1 aliphatic rings. The number of carbonyl (C=O) groups excluding carboxylic acids is 1. The van der Waals surface area contributed by atoms with Crippen molar-refractivity contribution < 1.29 is 14.3 Å². The highest BCUT2D eigenvalue weighted by atomic mass is 16.5. The lowest BCUT2D eigenvalue weighted by Gasteiger charge is -2.10. The van der Waals surface area contributed by atoms with Gasteiger partial charge >= 0.3 is 0 Å². The molecule has 0 saturated carbocycles. The maximum absolute atomic E-state index is 12.6. The second-order valence-electron chi connectivity index (χ2n) is 6.93. The molecule has 28 heavy (non-hydrogen) atoms. The minimum Gasteiger partial charge on any atom is -0.481 e. The average molecular weight is 383 g/mol. The number of aliphatic imine (C=N–C) groups is 1. The smallest absolute Gasteiger partial charge is 0.282 e. The Hall–Kier alpha value is -3.16. The molecule has 1 aromatic carbocycles. The number of hydrogen-bond donors (Lipinski definition) is 2. The predicted octanol–water partition coefficient (Wildman–Crippen LogP) is 2.51. The molecule has 8 nitrogen and oxygen atoms in total. The Morgan fingerprint density at radius 2 is 2.07 bits per heavy atom. The Kier molecular flexibility index (Phi) is 6.08. The maximum atomic E-state index is 12.6. The van der Waals surface area contributed by atoms with Crippen LogP contribution >= 0.6 is 0 Å². The zero-order valence-electron chi connectivity index (χ0n) is 16.3. The lowest BCUT2D eigenvalue weighted by Crippen LogP contribution is -2.16. The standard InChI is InChI=1S/C20H25N5O3/c1-12(2)18-24-16(10-17(25-18)27-3)19(26)22-14-7-4-13(5-8-14)6-9-15-11-28-20(21)23-15/h4-5,7-8,10,12,15H,6,9,11H2,1-3H3,(H2,21,23)(H,22,26)/t15-/m0/s1. The number of benzene rings is 1. The Bertz CT molecular complexity index is 865. The first-order chi connectivity index (χ1) is 13.4. The van der Waals surface area contributed by atoms with Gasteiger partial charge in [-0.2, -0.15) is 4.98 Å². The molecule has 1 amide bonds. The number of ether oxygens (including phenoxy) is 2. The van der Waals surface area contributed by atoms with Crippen LogP contribution in [0.2, 0.25) is 0 Å². The van der Waals surface area contributed by atoms with Crippen molar-refractivity contribution in [1.82, 2.24) is 9.97 Å². The number of nitrogens with one attached hydrogen (secondary N) is 1. The van der Waals surface area contributed by atoms with Gasteiger partial charge in [-0.15, -0.1) is 0 Å². The van der Waals surface area contributed by atoms with Crippen LogP contribution in [0.25, 0.3) is 0 Å². The van der Waals surface area contributed by atoms with E-state index in [0.29, 0.717) is 24.0 Å². The number of amides is 1. The van der Waals surface area contributed by atoms with E-state index in [2.05, 4.69) is 20.3 Å². The fraction of sp³-hybridized carbons (Fsp3) is 0.400. The SMILES string of the molecule is COc1cc(C(=O)Nc2ccc(CC[C@H]3COC(N)=N3)cc2)nc(C(C)C)n1. The van der Waals surface area contributed by atoms with E-state index in [0.717, 1.165) is 18.4 Å². The number of hydrogen-bond acceptors (Lipinski definition) is 7. The molecule has 148 valence electrons. The molecule has 0 saturated heterocycles. The highest BCUT2D eigenvalue weighted by Gasteiger charge is 2.17. The lowest BCUT2D eigenvalue weighted by molar-refractivity contribution is 0.102. The number of nitrogens with zero attached hydrogens (tertiary/aromatic N) is 3. The second-order valence-corrected chi connectivity index (χ2v) is 6.93. The molecule has 0 bridgehead atoms. The number of nitrogens with two attached hydrogens (primary N) is 1. The molecule has 2 heterocycles. The van der Waals surface area contributed by atoms with Crippen LogP contribution in [0.5, 0.6) is 5.88 Å². The van der Waals surface area contributed by atoms with E-state index >= 15 is 0 Å². The topological polar surface area (TPSA) is 112 Å². The number of methoxy groups -OCH3 is 1. The highest BCUT2D eigenvalue weighted by Crippen LogP contribution is 2.18. The van der Waals surface area contributed by atoms with Gasteiger partial charge < -0.3 is 20.5 Å². The number of rotatable bonds is 7. The first-order valence-corrected chi connectivity index (χ1v) is 9.24. The summed E-state index contributed by atoms with van der Waals surface area (Å²) in [6.45, 7) is 4.47. The number of carbonyl (C=O) groups is 1. The molecule has 0 unspecified atom stereocenters. The maximum Gasteiger partial charge on any atom is 0.282 e. The van der Waals surface area contributed by atoms with Gasteiger partial charge in [0.1, 0.15) is 18.1 Å². The summed E-state index contributed by atoms with van der Waals surface area (Å²) in [7, 11) is 1.52. The van der Waals surface area contributed by atoms with Gasteiger partial charge in [-0.25, -0.2) is 9.98 Å². The van der Waals surface area contributed by atoms with Crippen molar-refractivity contribution in [3.05, 3.63) is 47.4 Å². The first-order valence-electron chi connectivity index (χ1n) is 9.24. The minimum absolute atomic E-state index is 0.0888. The fourth-order valence-corrected chi connectivity index (χ4v) is 2.79. The normalized spacial score (nSPS) is 15.9. The molecular weight excluding hydrogens is 358 g/mol. The summed E-state index contributed by atoms with van der Waals surface area (Å²) in [5.41, 5.74) is 7.65. The molecule has 3 N–H and O–H groups in total. The molecule has 0 fully saturated rings. The fourth-order valence-electron chi connectivity index (χ4n) is 2.79. The van der Waals surface area contributed by atoms with Gasteiger partial charge in [-0.3, -0.25) is 4.79 Å². The zero-order valence-corrected chi connectivity index (χ0v) is 16.3. The van der Waals surface area contributed by atoms with Gasteiger partial charge in [0, 0.05) is 17.7 Å². The van der Waals surface area contributed by atoms with Gasteiger partial charge in [0.25, 0.3) is 11.9 Å². The van der Waals surface area contributed by atoms with E-state index in [1.165, 1.54) is 13.2 Å². The summed E-state index contributed by atoms with van der Waals surface area (Å²) in [6.07, 6.45) is 1.73. The predicted molar refractivity (Wildman–Crippen MR) is 107 cm³/mol. The second kappa shape index (κ2) is 8.69. The Balaban J connectivity index is 1.62. The van der Waals surface area contributed by atoms with E-state index < -0.39 is 0 Å². The molecule has 0 spiro atoms. The largest absolute Gasteiger partial charge is 0.481 e. The van der Waals surface area contributed by atoms with Crippen molar-refractivity contribution in [2.75, 3.05) is 19.0 Å². The highest BCUT2D eigenvalue weighted by molar-refractivity contribution is 6.03. The van der Waals surface area contributed by atoms with Crippen LogP contribution in [-0.4, -0.2) is 41.7 Å². The first kappa shape index (κ1) is 19.6. The van der Waals surface area contributed by atoms with Gasteiger partial charge in [-0.1, -0.05) is 26.0 Å². The Morgan fingerprint density at radius 3 is 2.68 bits per heavy atom. The van der Waals surface area contributed by atoms with Crippen LogP contribution < -0.4 is 15.8 Å². The Morgan fingerprint density at radius 1 is 1.32 bits per heavy atom. The van der Waals surface area contributed by atoms with Crippen LogP contribution in [0.4, 0.5) is 5.69 Å². The summed E-state index contributed by atoms with van der Waals surface area (Å²) in [6, 6.07) is 9.63. The van der Waals surface area contributed by atoms with Gasteiger partial charge in [-0.05, 0) is 30.5 Å². The van der Waals surface area contributed by atoms with E-state index in [1.807, 2.05) is 38.1 Å². The van der Waals surface area contributed by atoms with Crippen molar-refractivity contribution in [2.24, 2.45) is 10.7 Å². The van der Waals surface area contributed by atoms with Gasteiger partial charge in [0.2, 0.25) is 5.88 Å². The molecule has 3 rings (SSSR count). The molecule has 8 heteroatoms. The molecule has 1 aromatic heterocycles. The van der Waals surface area contributed by atoms with Crippen LogP contribution in [0, 0.1) is 0 Å². The number of aryl methyl sites for hydroxylation is 1. The van der Waals surface area contributed by atoms with Crippen molar-refractivity contribution >= 4 is 17.6 Å². The molecular formula is C20H25N5O3. The van der Waals surface area contributed by atoms with Gasteiger partial charge in [0.05, 0.1) is 13.2 Å². The van der Waals surface area contributed by atoms with Crippen LogP contribution in [0.3, 0.4) is 0 Å². The zero-order chi connectivity index (χ0) is 20.1. The van der Waals surface area contributed by atoms with E-state index in [1.54, 1.807) is 0 Å². The van der Waals surface area contributed by atoms with Crippen LogP contribution in [0.1, 0.15) is 48.1 Å². The monoisotopic (exact) mass is 383 g/mol. The van der Waals surface area contributed by atoms with Crippen LogP contribution in [-0.2, 0) is 11.2 Å². The van der Waals surface area contributed by atoms with Gasteiger partial charge in [0.15, 0.2) is 0 Å². The summed E-state index contributed by atoms with van der Waals surface area (Å²) >= 11 is 0. The van der Waals surface area contributed by atoms with Crippen molar-refractivity contribution in [1.29, 1.82) is 0 Å². The molecule has 0 aliphatic carbocycles. The number of amidine groups is 1. The summed E-state index contributed by atoms with van der Waals surface area (Å²) in [4.78, 5) is 25.4. The third-order valence-corrected chi connectivity index (χ3v) is 4.39. The molecule has 0 radical (unpaired) electrons. The van der Waals surface area contributed by atoms with E-state index in [9.17, 15) is 4.79 Å². The Labute approximate surface area is 164 Å². The summed E-state index contributed by atoms with van der Waals surface area (Å²) in [5.74, 6) is 0.728. The number of aromatic nitrogens is 2. The van der Waals surface area contributed by atoms with Crippen molar-refractivity contribution in [3.63, 3.8) is 0 Å². The third kappa shape index (κ3) is 4.97. The lowest BCUT2D eigenvalue weighted by atomic mass is 10.1. The average Bonchev–Trinajstić information content (AvgIpc) is 3.12. The summed E-state index contributed by atoms with van der Waals surface area (Å²) < 4.78 is 10.3. The molecule has 2 aromatic rings. The molecule has 1 aliphatic heterocycles. The number of anilines is 1. The molecule has 1 atom stereocenters.